The van der Waals surface area contributed by atoms with Gasteiger partial charge in [0.1, 0.15) is 5.75 Å². The number of nitrogens with zero attached hydrogens (tertiary/aromatic N) is 1. The summed E-state index contributed by atoms with van der Waals surface area (Å²) in [6, 6.07) is 7.23. The molecule has 1 aliphatic rings. The molecule has 1 aliphatic heterocycles. The van der Waals surface area contributed by atoms with Crippen LogP contribution in [0.2, 0.25) is 0 Å². The van der Waals surface area contributed by atoms with Crippen molar-refractivity contribution in [1.82, 2.24) is 0 Å². The molecule has 0 bridgehead atoms. The van der Waals surface area contributed by atoms with E-state index in [4.69, 9.17) is 16.3 Å². The Morgan fingerprint density at radius 3 is 2.61 bits per heavy atom. The highest BCUT2D eigenvalue weighted by Gasteiger charge is 2.34. The molecule has 2 rings (SSSR count). The number of carbonyl (C=O) groups excluding carboxylic acids is 2. The predicted molar refractivity (Wildman–Crippen MR) is 68.9 cm³/mol. The van der Waals surface area contributed by atoms with Crippen LogP contribution in [0.5, 0.6) is 5.75 Å². The van der Waals surface area contributed by atoms with Gasteiger partial charge < -0.3 is 9.64 Å². The normalized spacial score (nSPS) is 19.1. The Hall–Kier alpha value is -1.55. The first-order valence-electron chi connectivity index (χ1n) is 5.84. The zero-order chi connectivity index (χ0) is 13.1. The van der Waals surface area contributed by atoms with Crippen molar-refractivity contribution >= 4 is 28.4 Å². The number of rotatable bonds is 4. The SMILES string of the molecule is CCOc1ccc(N2C[C@H](C(=O)Cl)CC2=O)cc1. The average molecular weight is 268 g/mol. The maximum Gasteiger partial charge on any atom is 0.227 e. The standard InChI is InChI=1S/C13H14ClNO3/c1-2-18-11-5-3-10(4-6-11)15-8-9(13(14)17)7-12(15)16/h3-6,9H,2,7-8H2,1H3/t9-/m1/s1. The van der Waals surface area contributed by atoms with Crippen molar-refractivity contribution in [1.29, 1.82) is 0 Å². The molecule has 0 spiro atoms. The predicted octanol–water partition coefficient (Wildman–Crippen LogP) is 2.20. The van der Waals surface area contributed by atoms with Crippen molar-refractivity contribution in [2.24, 2.45) is 5.92 Å². The van der Waals surface area contributed by atoms with Gasteiger partial charge in [-0.1, -0.05) is 0 Å². The zero-order valence-corrected chi connectivity index (χ0v) is 10.8. The van der Waals surface area contributed by atoms with E-state index >= 15 is 0 Å². The van der Waals surface area contributed by atoms with E-state index in [2.05, 4.69) is 0 Å². The molecule has 1 aromatic rings. The molecule has 5 heteroatoms. The maximum absolute atomic E-state index is 11.8. The van der Waals surface area contributed by atoms with E-state index in [1.54, 1.807) is 4.90 Å². The van der Waals surface area contributed by atoms with Crippen molar-refractivity contribution in [3.63, 3.8) is 0 Å². The van der Waals surface area contributed by atoms with Gasteiger partial charge in [0.2, 0.25) is 11.1 Å². The van der Waals surface area contributed by atoms with Crippen LogP contribution in [0.25, 0.3) is 0 Å². The number of carbonyl (C=O) groups is 2. The molecule has 1 atom stereocenters. The van der Waals surface area contributed by atoms with Crippen molar-refractivity contribution in [2.45, 2.75) is 13.3 Å². The molecule has 96 valence electrons. The molecule has 1 heterocycles. The van der Waals surface area contributed by atoms with E-state index in [0.29, 0.717) is 13.2 Å². The topological polar surface area (TPSA) is 46.6 Å². The van der Waals surface area contributed by atoms with Crippen LogP contribution in [0.1, 0.15) is 13.3 Å². The van der Waals surface area contributed by atoms with Crippen molar-refractivity contribution < 1.29 is 14.3 Å². The van der Waals surface area contributed by atoms with E-state index in [0.717, 1.165) is 11.4 Å². The van der Waals surface area contributed by atoms with Crippen molar-refractivity contribution in [3.05, 3.63) is 24.3 Å². The van der Waals surface area contributed by atoms with Gasteiger partial charge in [0.05, 0.1) is 12.5 Å². The first-order valence-corrected chi connectivity index (χ1v) is 6.22. The van der Waals surface area contributed by atoms with Crippen LogP contribution >= 0.6 is 11.6 Å². The van der Waals surface area contributed by atoms with Gasteiger partial charge in [0.15, 0.2) is 0 Å². The highest BCUT2D eigenvalue weighted by molar-refractivity contribution is 6.64. The van der Waals surface area contributed by atoms with Gasteiger partial charge >= 0.3 is 0 Å². The molecule has 1 amide bonds. The Bertz CT molecular complexity index is 458. The van der Waals surface area contributed by atoms with E-state index < -0.39 is 11.2 Å². The van der Waals surface area contributed by atoms with E-state index in [-0.39, 0.29) is 12.3 Å². The Labute approximate surface area is 110 Å². The first kappa shape index (κ1) is 12.9. The smallest absolute Gasteiger partial charge is 0.227 e. The minimum Gasteiger partial charge on any atom is -0.494 e. The molecule has 0 N–H and O–H groups in total. The summed E-state index contributed by atoms with van der Waals surface area (Å²) in [5, 5.41) is -0.447. The van der Waals surface area contributed by atoms with E-state index in [1.807, 2.05) is 31.2 Å². The third-order valence-corrected chi connectivity index (χ3v) is 3.21. The van der Waals surface area contributed by atoms with E-state index in [9.17, 15) is 9.59 Å². The van der Waals surface area contributed by atoms with Crippen molar-refractivity contribution in [3.8, 4) is 5.75 Å². The van der Waals surface area contributed by atoms with Crippen molar-refractivity contribution in [2.75, 3.05) is 18.1 Å². The van der Waals surface area contributed by atoms with Crippen LogP contribution in [0, 0.1) is 5.92 Å². The molecular formula is C13H14ClNO3. The Morgan fingerprint density at radius 2 is 2.11 bits per heavy atom. The van der Waals surface area contributed by atoms with Crippen LogP contribution in [-0.4, -0.2) is 24.3 Å². The summed E-state index contributed by atoms with van der Waals surface area (Å²) < 4.78 is 5.33. The fourth-order valence-electron chi connectivity index (χ4n) is 2.00. The molecule has 1 fully saturated rings. The molecule has 0 unspecified atom stereocenters. The summed E-state index contributed by atoms with van der Waals surface area (Å²) >= 11 is 5.43. The van der Waals surface area contributed by atoms with Crippen LogP contribution in [0.15, 0.2) is 24.3 Å². The van der Waals surface area contributed by atoms with Gasteiger partial charge in [-0.05, 0) is 42.8 Å². The van der Waals surface area contributed by atoms with Crippen LogP contribution < -0.4 is 9.64 Å². The molecule has 0 aromatic heterocycles. The summed E-state index contributed by atoms with van der Waals surface area (Å²) in [5.74, 6) is 0.293. The van der Waals surface area contributed by atoms with Crippen LogP contribution in [0.4, 0.5) is 5.69 Å². The number of halogens is 1. The maximum atomic E-state index is 11.8. The highest BCUT2D eigenvalue weighted by Crippen LogP contribution is 2.27. The first-order chi connectivity index (χ1) is 8.61. The molecule has 1 aromatic carbocycles. The number of benzene rings is 1. The molecule has 4 nitrogen and oxygen atoms in total. The summed E-state index contributed by atoms with van der Waals surface area (Å²) in [7, 11) is 0. The lowest BCUT2D eigenvalue weighted by molar-refractivity contribution is -0.120. The van der Waals surface area contributed by atoms with Gasteiger partial charge in [-0.3, -0.25) is 9.59 Å². The lowest BCUT2D eigenvalue weighted by atomic mass is 10.1. The molecule has 1 saturated heterocycles. The highest BCUT2D eigenvalue weighted by atomic mass is 35.5. The van der Waals surface area contributed by atoms with Gasteiger partial charge in [0, 0.05) is 18.7 Å². The molecule has 0 radical (unpaired) electrons. The Morgan fingerprint density at radius 1 is 1.44 bits per heavy atom. The lowest BCUT2D eigenvalue weighted by Crippen LogP contribution is -2.25. The molecule has 0 aliphatic carbocycles. The van der Waals surface area contributed by atoms with Crippen LogP contribution in [0.3, 0.4) is 0 Å². The summed E-state index contributed by atoms with van der Waals surface area (Å²) in [5.41, 5.74) is 0.767. The summed E-state index contributed by atoms with van der Waals surface area (Å²) in [6.07, 6.45) is 0.190. The summed E-state index contributed by atoms with van der Waals surface area (Å²) in [4.78, 5) is 24.4. The van der Waals surface area contributed by atoms with Gasteiger partial charge in [-0.25, -0.2) is 0 Å². The average Bonchev–Trinajstić information content (AvgIpc) is 2.73. The number of anilines is 1. The Kier molecular flexibility index (Phi) is 3.87. The van der Waals surface area contributed by atoms with Gasteiger partial charge in [0.25, 0.3) is 0 Å². The zero-order valence-electron chi connectivity index (χ0n) is 10.1. The van der Waals surface area contributed by atoms with Gasteiger partial charge in [-0.15, -0.1) is 0 Å². The Balaban J connectivity index is 2.12. The fourth-order valence-corrected chi connectivity index (χ4v) is 2.14. The van der Waals surface area contributed by atoms with E-state index in [1.165, 1.54) is 0 Å². The molecular weight excluding hydrogens is 254 g/mol. The third-order valence-electron chi connectivity index (χ3n) is 2.91. The quantitative estimate of drug-likeness (QED) is 0.786. The largest absolute Gasteiger partial charge is 0.494 e. The second-order valence-electron chi connectivity index (χ2n) is 4.14. The molecule has 0 saturated carbocycles. The minimum absolute atomic E-state index is 0.0711. The summed E-state index contributed by atoms with van der Waals surface area (Å²) in [6.45, 7) is 2.87. The second kappa shape index (κ2) is 5.40. The minimum atomic E-state index is -0.447. The fraction of sp³-hybridized carbons (Fsp3) is 0.385. The lowest BCUT2D eigenvalue weighted by Gasteiger charge is -2.16. The number of ether oxygens (including phenoxy) is 1. The number of amides is 1. The van der Waals surface area contributed by atoms with Crippen LogP contribution in [-0.2, 0) is 9.59 Å². The second-order valence-corrected chi connectivity index (χ2v) is 4.51. The molecule has 18 heavy (non-hydrogen) atoms. The number of hydrogen-bond donors (Lipinski definition) is 0. The monoisotopic (exact) mass is 267 g/mol. The third kappa shape index (κ3) is 2.64. The van der Waals surface area contributed by atoms with Gasteiger partial charge in [-0.2, -0.15) is 0 Å². The number of hydrogen-bond acceptors (Lipinski definition) is 3.